The van der Waals surface area contributed by atoms with Crippen LogP contribution in [0.15, 0.2) is 35.9 Å². The second-order valence-corrected chi connectivity index (χ2v) is 9.11. The summed E-state index contributed by atoms with van der Waals surface area (Å²) in [5.74, 6) is 1.71. The van der Waals surface area contributed by atoms with E-state index >= 15 is 0 Å². The van der Waals surface area contributed by atoms with Crippen molar-refractivity contribution in [2.75, 3.05) is 20.2 Å². The number of para-hydroxylation sites is 1. The Balaban J connectivity index is 1.39. The first kappa shape index (κ1) is 19.5. The molecule has 152 valence electrons. The maximum Gasteiger partial charge on any atom is 0.311 e. The molecule has 1 N–H and O–H groups in total. The number of allylic oxidation sites excluding steroid dienone is 1. The van der Waals surface area contributed by atoms with E-state index in [1.807, 2.05) is 18.2 Å². The van der Waals surface area contributed by atoms with Gasteiger partial charge in [0.2, 0.25) is 0 Å². The first-order valence-corrected chi connectivity index (χ1v) is 10.8. The van der Waals surface area contributed by atoms with Crippen LogP contribution in [0, 0.1) is 23.2 Å². The van der Waals surface area contributed by atoms with Gasteiger partial charge in [0.25, 0.3) is 0 Å². The number of nitrogens with one attached hydrogen (secondary N) is 1. The van der Waals surface area contributed by atoms with Crippen LogP contribution in [0.1, 0.15) is 45.1 Å². The number of rotatable bonds is 6. The van der Waals surface area contributed by atoms with Crippen LogP contribution in [0.4, 0.5) is 0 Å². The normalized spacial score (nSPS) is 34.2. The fourth-order valence-corrected chi connectivity index (χ4v) is 5.67. The highest BCUT2D eigenvalue weighted by molar-refractivity contribution is 5.76. The van der Waals surface area contributed by atoms with Gasteiger partial charge in [-0.15, -0.1) is 0 Å². The summed E-state index contributed by atoms with van der Waals surface area (Å²) in [6.07, 6.45) is 8.16. The smallest absolute Gasteiger partial charge is 0.311 e. The van der Waals surface area contributed by atoms with Crippen LogP contribution >= 0.6 is 0 Å². The Kier molecular flexibility index (Phi) is 5.50. The van der Waals surface area contributed by atoms with Gasteiger partial charge < -0.3 is 14.8 Å². The Morgan fingerprint density at radius 1 is 1.32 bits per heavy atom. The van der Waals surface area contributed by atoms with E-state index in [4.69, 9.17) is 9.47 Å². The predicted octanol–water partition coefficient (Wildman–Crippen LogP) is 4.14. The van der Waals surface area contributed by atoms with Gasteiger partial charge in [0.15, 0.2) is 0 Å². The minimum absolute atomic E-state index is 0.0217. The highest BCUT2D eigenvalue weighted by Crippen LogP contribution is 2.53. The van der Waals surface area contributed by atoms with Crippen LogP contribution in [0.5, 0.6) is 5.75 Å². The van der Waals surface area contributed by atoms with Gasteiger partial charge in [-0.25, -0.2) is 0 Å². The van der Waals surface area contributed by atoms with E-state index in [1.54, 1.807) is 12.7 Å². The molecule has 4 rings (SSSR count). The van der Waals surface area contributed by atoms with E-state index in [0.717, 1.165) is 25.1 Å². The predicted molar refractivity (Wildman–Crippen MR) is 110 cm³/mol. The summed E-state index contributed by atoms with van der Waals surface area (Å²) in [6, 6.07) is 8.11. The molecule has 0 radical (unpaired) electrons. The monoisotopic (exact) mass is 383 g/mol. The average Bonchev–Trinajstić information content (AvgIpc) is 2.97. The summed E-state index contributed by atoms with van der Waals surface area (Å²) in [4.78, 5) is 12.6. The lowest BCUT2D eigenvalue weighted by Crippen LogP contribution is -2.40. The summed E-state index contributed by atoms with van der Waals surface area (Å²) >= 11 is 0. The highest BCUT2D eigenvalue weighted by Gasteiger charge is 2.51. The molecule has 5 atom stereocenters. The van der Waals surface area contributed by atoms with Crippen molar-refractivity contribution in [2.24, 2.45) is 23.2 Å². The van der Waals surface area contributed by atoms with Crippen LogP contribution in [-0.4, -0.2) is 32.3 Å². The summed E-state index contributed by atoms with van der Waals surface area (Å²) in [7, 11) is 1.71. The van der Waals surface area contributed by atoms with Crippen molar-refractivity contribution in [3.63, 3.8) is 0 Å². The van der Waals surface area contributed by atoms with E-state index in [-0.39, 0.29) is 29.3 Å². The number of benzene rings is 1. The Bertz CT molecular complexity index is 758. The van der Waals surface area contributed by atoms with Crippen molar-refractivity contribution in [3.8, 4) is 5.75 Å². The zero-order valence-electron chi connectivity index (χ0n) is 17.4. The minimum Gasteiger partial charge on any atom is -0.496 e. The number of ether oxygens (including phenoxy) is 2. The fraction of sp³-hybridized carbons (Fsp3) is 0.625. The molecule has 0 amide bonds. The number of esters is 1. The van der Waals surface area contributed by atoms with Gasteiger partial charge in [0, 0.05) is 12.5 Å². The third-order valence-corrected chi connectivity index (χ3v) is 7.21. The zero-order chi connectivity index (χ0) is 19.7. The molecule has 1 saturated heterocycles. The highest BCUT2D eigenvalue weighted by atomic mass is 16.6. The van der Waals surface area contributed by atoms with Crippen LogP contribution in [-0.2, 0) is 16.0 Å². The Hall–Kier alpha value is -1.81. The van der Waals surface area contributed by atoms with Crippen LogP contribution in [0.3, 0.4) is 0 Å². The van der Waals surface area contributed by atoms with Gasteiger partial charge in [-0.2, -0.15) is 0 Å². The van der Waals surface area contributed by atoms with E-state index < -0.39 is 0 Å². The van der Waals surface area contributed by atoms with Gasteiger partial charge in [-0.05, 0) is 55.2 Å². The molecule has 0 aromatic heterocycles. The zero-order valence-corrected chi connectivity index (χ0v) is 17.4. The van der Waals surface area contributed by atoms with Crippen molar-refractivity contribution >= 4 is 5.97 Å². The largest absolute Gasteiger partial charge is 0.496 e. The molecule has 3 aliphatic rings. The van der Waals surface area contributed by atoms with Gasteiger partial charge in [0.1, 0.15) is 11.9 Å². The molecule has 1 aromatic carbocycles. The molecule has 1 aliphatic heterocycles. The molecule has 0 bridgehead atoms. The quantitative estimate of drug-likeness (QED) is 0.456. The van der Waals surface area contributed by atoms with Crippen molar-refractivity contribution < 1.29 is 14.3 Å². The molecule has 0 spiro atoms. The van der Waals surface area contributed by atoms with E-state index in [9.17, 15) is 4.79 Å². The second-order valence-electron chi connectivity index (χ2n) is 9.11. The molecule has 4 heteroatoms. The molecule has 1 saturated carbocycles. The van der Waals surface area contributed by atoms with E-state index in [0.29, 0.717) is 12.5 Å². The SMILES string of the molecule is COc1ccccc1CCNC[C@@H]1C(=O)O[C@@H]2C[C@@]3(C)CCC[C@@H](C)C3=C[C@H]12. The number of fused-ring (bicyclic) bond motifs is 2. The number of carbonyl (C=O) groups excluding carboxylic acids is 1. The third kappa shape index (κ3) is 3.59. The molecule has 28 heavy (non-hydrogen) atoms. The summed E-state index contributed by atoms with van der Waals surface area (Å²) in [5.41, 5.74) is 3.00. The Labute approximate surface area is 168 Å². The fourth-order valence-electron chi connectivity index (χ4n) is 5.67. The van der Waals surface area contributed by atoms with Crippen LogP contribution < -0.4 is 10.1 Å². The van der Waals surface area contributed by atoms with Crippen molar-refractivity contribution in [1.82, 2.24) is 5.32 Å². The molecule has 1 heterocycles. The molecular weight excluding hydrogens is 350 g/mol. The van der Waals surface area contributed by atoms with Gasteiger partial charge in [-0.1, -0.05) is 50.1 Å². The number of methoxy groups -OCH3 is 1. The minimum atomic E-state index is -0.0613. The van der Waals surface area contributed by atoms with Crippen molar-refractivity contribution in [2.45, 2.75) is 52.1 Å². The van der Waals surface area contributed by atoms with Gasteiger partial charge in [0.05, 0.1) is 13.0 Å². The number of hydrogen-bond donors (Lipinski definition) is 1. The topological polar surface area (TPSA) is 47.6 Å². The maximum atomic E-state index is 12.6. The summed E-state index contributed by atoms with van der Waals surface area (Å²) in [6.45, 7) is 6.23. The van der Waals surface area contributed by atoms with Gasteiger partial charge in [-0.3, -0.25) is 4.79 Å². The van der Waals surface area contributed by atoms with E-state index in [2.05, 4.69) is 31.3 Å². The molecule has 0 unspecified atom stereocenters. The Morgan fingerprint density at radius 3 is 2.96 bits per heavy atom. The summed E-state index contributed by atoms with van der Waals surface area (Å²) < 4.78 is 11.3. The van der Waals surface area contributed by atoms with Crippen LogP contribution in [0.25, 0.3) is 0 Å². The van der Waals surface area contributed by atoms with Crippen molar-refractivity contribution in [1.29, 1.82) is 0 Å². The molecular formula is C24H33NO3. The first-order valence-electron chi connectivity index (χ1n) is 10.8. The lowest BCUT2D eigenvalue weighted by Gasteiger charge is -2.46. The molecule has 1 aromatic rings. The molecule has 2 fully saturated rings. The standard InChI is InChI=1S/C24H33NO3/c1-16-7-6-11-24(2)14-22-18(13-20(16)24)19(23(26)28-22)15-25-12-10-17-8-4-5-9-21(17)27-3/h4-5,8-9,13,16,18-19,22,25H,6-7,10-12,14-15H2,1-3H3/t16-,18-,19+,22-,24-/m1/s1. The van der Waals surface area contributed by atoms with Crippen LogP contribution in [0.2, 0.25) is 0 Å². The number of carbonyl (C=O) groups is 1. The Morgan fingerprint density at radius 2 is 2.14 bits per heavy atom. The summed E-state index contributed by atoms with van der Waals surface area (Å²) in [5, 5.41) is 3.50. The molecule has 4 nitrogen and oxygen atoms in total. The van der Waals surface area contributed by atoms with Crippen molar-refractivity contribution in [3.05, 3.63) is 41.5 Å². The number of hydrogen-bond acceptors (Lipinski definition) is 4. The van der Waals surface area contributed by atoms with Gasteiger partial charge >= 0.3 is 5.97 Å². The molecule has 2 aliphatic carbocycles. The second kappa shape index (κ2) is 7.90. The average molecular weight is 384 g/mol. The lowest BCUT2D eigenvalue weighted by atomic mass is 9.59. The maximum absolute atomic E-state index is 12.6. The first-order chi connectivity index (χ1) is 13.5. The van der Waals surface area contributed by atoms with E-state index in [1.165, 1.54) is 24.8 Å². The lowest BCUT2D eigenvalue weighted by molar-refractivity contribution is -0.145. The third-order valence-electron chi connectivity index (χ3n) is 7.21.